The number of carbonyl (C=O) groups is 1. The summed E-state index contributed by atoms with van der Waals surface area (Å²) in [4.78, 5) is 8.44. The van der Waals surface area contributed by atoms with Crippen LogP contribution in [0.15, 0.2) is 0 Å². The van der Waals surface area contributed by atoms with E-state index in [4.69, 9.17) is 15.0 Å². The van der Waals surface area contributed by atoms with E-state index in [2.05, 4.69) is 0 Å². The molecule has 0 unspecified atom stereocenters. The number of hydrogen-bond acceptors (Lipinski definition) is 2. The predicted octanol–water partition coefficient (Wildman–Crippen LogP) is -1.11. The molecule has 0 radical (unpaired) electrons. The minimum atomic E-state index is -2.08. The molecule has 0 rings (SSSR count). The summed E-state index contributed by atoms with van der Waals surface area (Å²) in [6.45, 7) is 0. The molecule has 5 heavy (non-hydrogen) atoms. The van der Waals surface area contributed by atoms with E-state index >= 15 is 0 Å². The summed E-state index contributed by atoms with van der Waals surface area (Å²) in [6.07, 6.45) is -2.08. The van der Waals surface area contributed by atoms with Crippen LogP contribution in [0, 0.1) is 31.1 Å². The smallest absolute Gasteiger partial charge is 0.249 e. The summed E-state index contributed by atoms with van der Waals surface area (Å²) in [6, 6.07) is 0. The molecule has 0 bridgehead atoms. The fraction of sp³-hybridized carbons (Fsp3) is 0. The van der Waals surface area contributed by atoms with Gasteiger partial charge >= 0.3 is 0 Å². The molecular formula is CHO3U-. The van der Waals surface area contributed by atoms with Crippen LogP contribution in [0.5, 0.6) is 0 Å². The Kier molecular flexibility index (Phi) is 7.79. The first kappa shape index (κ1) is 9.01. The van der Waals surface area contributed by atoms with Gasteiger partial charge < -0.3 is 15.0 Å². The van der Waals surface area contributed by atoms with Crippen molar-refractivity contribution in [2.24, 2.45) is 0 Å². The largest absolute Gasteiger partial charge is 0.565 e. The van der Waals surface area contributed by atoms with E-state index in [0.717, 1.165) is 0 Å². The number of hydrogen-bond donors (Lipinski definition) is 1. The van der Waals surface area contributed by atoms with Gasteiger partial charge in [0.15, 0.2) is 0 Å². The second kappa shape index (κ2) is 4.32. The van der Waals surface area contributed by atoms with E-state index < -0.39 is 6.16 Å². The molecule has 0 aliphatic heterocycles. The van der Waals surface area contributed by atoms with Crippen LogP contribution in [-0.4, -0.2) is 11.3 Å². The van der Waals surface area contributed by atoms with Crippen LogP contribution in [0.25, 0.3) is 0 Å². The fourth-order valence-corrected chi connectivity index (χ4v) is 0. The molecule has 0 aliphatic rings. The Bertz CT molecular complexity index is 29.9. The topological polar surface area (TPSA) is 60.4 Å². The van der Waals surface area contributed by atoms with Gasteiger partial charge in [-0.25, -0.2) is 0 Å². The van der Waals surface area contributed by atoms with Crippen LogP contribution in [0.3, 0.4) is 0 Å². The normalized spacial score (nSPS) is 4.80. The Morgan fingerprint density at radius 1 is 1.80 bits per heavy atom. The van der Waals surface area contributed by atoms with Crippen molar-refractivity contribution in [3.8, 4) is 0 Å². The predicted molar refractivity (Wildman–Crippen MR) is 8.02 cm³/mol. The van der Waals surface area contributed by atoms with Gasteiger partial charge in [0.25, 0.3) is 0 Å². The van der Waals surface area contributed by atoms with Crippen LogP contribution in [0.4, 0.5) is 4.79 Å². The van der Waals surface area contributed by atoms with E-state index in [1.807, 2.05) is 0 Å². The quantitative estimate of drug-likeness (QED) is 0.617. The molecule has 0 aromatic carbocycles. The van der Waals surface area contributed by atoms with E-state index in [1.54, 1.807) is 0 Å². The van der Waals surface area contributed by atoms with Gasteiger partial charge in [0.2, 0.25) is 6.16 Å². The van der Waals surface area contributed by atoms with Crippen molar-refractivity contribution in [3.05, 3.63) is 0 Å². The third kappa shape index (κ3) is 225. The average molecular weight is 299 g/mol. The average Bonchev–Trinajstić information content (AvgIpc) is 0.811. The van der Waals surface area contributed by atoms with Crippen LogP contribution in [-0.2, 0) is 0 Å². The zero-order chi connectivity index (χ0) is 3.58. The second-order valence-electron chi connectivity index (χ2n) is 0.266. The fourth-order valence-electron chi connectivity index (χ4n) is 0. The van der Waals surface area contributed by atoms with Crippen LogP contribution < -0.4 is 5.11 Å². The summed E-state index contributed by atoms with van der Waals surface area (Å²) in [5, 5.41) is 15.3. The molecule has 0 fully saturated rings. The Labute approximate surface area is 52.4 Å². The molecule has 0 aliphatic carbocycles. The maximum absolute atomic E-state index is 8.44. The third-order valence-corrected chi connectivity index (χ3v) is 0. The maximum atomic E-state index is 8.44. The summed E-state index contributed by atoms with van der Waals surface area (Å²) in [5.41, 5.74) is 0. The molecule has 3 nitrogen and oxygen atoms in total. The van der Waals surface area contributed by atoms with E-state index in [0.29, 0.717) is 0 Å². The van der Waals surface area contributed by atoms with Crippen molar-refractivity contribution < 1.29 is 46.1 Å². The van der Waals surface area contributed by atoms with Gasteiger partial charge in [0, 0.05) is 31.1 Å². The van der Waals surface area contributed by atoms with Gasteiger partial charge in [-0.15, -0.1) is 0 Å². The minimum absolute atomic E-state index is 0. The summed E-state index contributed by atoms with van der Waals surface area (Å²) in [7, 11) is 0. The van der Waals surface area contributed by atoms with Crippen LogP contribution in [0.2, 0.25) is 0 Å². The van der Waals surface area contributed by atoms with Gasteiger partial charge in [0.05, 0.1) is 0 Å². The van der Waals surface area contributed by atoms with Gasteiger partial charge in [-0.3, -0.25) is 0 Å². The van der Waals surface area contributed by atoms with Crippen molar-refractivity contribution in [3.63, 3.8) is 0 Å². The van der Waals surface area contributed by atoms with E-state index in [9.17, 15) is 0 Å². The van der Waals surface area contributed by atoms with Crippen LogP contribution in [0.1, 0.15) is 0 Å². The van der Waals surface area contributed by atoms with Gasteiger partial charge in [0.1, 0.15) is 0 Å². The van der Waals surface area contributed by atoms with Gasteiger partial charge in [-0.2, -0.15) is 0 Å². The van der Waals surface area contributed by atoms with Crippen molar-refractivity contribution in [1.82, 2.24) is 0 Å². The molecule has 0 spiro atoms. The molecule has 28 valence electrons. The zero-order valence-electron chi connectivity index (χ0n) is 2.26. The first-order valence-electron chi connectivity index (χ1n) is 0.632. The zero-order valence-corrected chi connectivity index (χ0v) is 6.43. The molecule has 0 heterocycles. The van der Waals surface area contributed by atoms with Crippen molar-refractivity contribution >= 4 is 6.16 Å². The molecule has 0 saturated carbocycles. The Hall–Kier alpha value is 0.322. The summed E-state index contributed by atoms with van der Waals surface area (Å²) in [5.74, 6) is 0. The first-order chi connectivity index (χ1) is 1.73. The van der Waals surface area contributed by atoms with Crippen molar-refractivity contribution in [2.45, 2.75) is 0 Å². The molecule has 1 N–H and O–H groups in total. The van der Waals surface area contributed by atoms with E-state index in [1.165, 1.54) is 0 Å². The Balaban J connectivity index is 0. The molecule has 0 aromatic rings. The maximum Gasteiger partial charge on any atom is 0.249 e. The molecule has 0 saturated heterocycles. The Morgan fingerprint density at radius 2 is 1.80 bits per heavy atom. The third-order valence-electron chi connectivity index (χ3n) is 0. The second-order valence-corrected chi connectivity index (χ2v) is 0.266. The molecule has 0 amide bonds. The van der Waals surface area contributed by atoms with Crippen molar-refractivity contribution in [1.29, 1.82) is 0 Å². The molecule has 4 heteroatoms. The molecule has 0 aromatic heterocycles. The molecular weight excluding hydrogens is 298 g/mol. The molecule has 0 atom stereocenters. The SMILES string of the molecule is O=C([O-])O.[U]. The summed E-state index contributed by atoms with van der Waals surface area (Å²) >= 11 is 0. The van der Waals surface area contributed by atoms with Gasteiger partial charge in [-0.05, 0) is 0 Å². The van der Waals surface area contributed by atoms with Crippen molar-refractivity contribution in [2.75, 3.05) is 0 Å². The van der Waals surface area contributed by atoms with Crippen LogP contribution >= 0.6 is 0 Å². The standard InChI is InChI=1S/CH2O3.U/c2-1(3)4;/h(H2,2,3,4);/p-1. The summed E-state index contributed by atoms with van der Waals surface area (Å²) < 4.78 is 0. The monoisotopic (exact) mass is 299 g/mol. The Morgan fingerprint density at radius 3 is 1.80 bits per heavy atom. The van der Waals surface area contributed by atoms with Gasteiger partial charge in [-0.1, -0.05) is 0 Å². The van der Waals surface area contributed by atoms with E-state index in [-0.39, 0.29) is 31.1 Å². The first-order valence-corrected chi connectivity index (χ1v) is 0.632. The minimum Gasteiger partial charge on any atom is -0.565 e. The number of carboxylic acid groups (broad SMARTS) is 2. The number of rotatable bonds is 0.